The molecule has 0 saturated heterocycles. The topological polar surface area (TPSA) is 55.1 Å². The zero-order valence-corrected chi connectivity index (χ0v) is 12.8. The lowest BCUT2D eigenvalue weighted by Gasteiger charge is -2.28. The fourth-order valence-electron chi connectivity index (χ4n) is 2.51. The molecule has 3 N–H and O–H groups in total. The second-order valence-electron chi connectivity index (χ2n) is 5.81. The molecule has 18 heavy (non-hydrogen) atoms. The molecular weight excluding hydrogens is 248 g/mol. The third-order valence-corrected chi connectivity index (χ3v) is 4.13. The van der Waals surface area contributed by atoms with Gasteiger partial charge in [0.25, 0.3) is 0 Å². The van der Waals surface area contributed by atoms with E-state index >= 15 is 0 Å². The van der Waals surface area contributed by atoms with Crippen LogP contribution in [0.4, 0.5) is 0 Å². The third kappa shape index (κ3) is 5.57. The highest BCUT2D eigenvalue weighted by Crippen LogP contribution is 2.30. The molecule has 0 aromatic rings. The van der Waals surface area contributed by atoms with Gasteiger partial charge < -0.3 is 11.1 Å². The van der Waals surface area contributed by atoms with Crippen molar-refractivity contribution in [3.05, 3.63) is 0 Å². The van der Waals surface area contributed by atoms with Crippen molar-refractivity contribution in [3.8, 4) is 0 Å². The minimum absolute atomic E-state index is 0. The van der Waals surface area contributed by atoms with E-state index in [0.717, 1.165) is 12.5 Å². The molecule has 1 amide bonds. The monoisotopic (exact) mass is 276 g/mol. The van der Waals surface area contributed by atoms with E-state index in [9.17, 15) is 4.79 Å². The maximum atomic E-state index is 11.7. The molecule has 0 aromatic carbocycles. The van der Waals surface area contributed by atoms with Gasteiger partial charge in [-0.15, -0.1) is 12.4 Å². The van der Waals surface area contributed by atoms with Crippen molar-refractivity contribution in [1.82, 2.24) is 5.32 Å². The maximum absolute atomic E-state index is 11.7. The zero-order chi connectivity index (χ0) is 12.8. The molecule has 1 rings (SSSR count). The maximum Gasteiger partial charge on any atom is 0.237 e. The summed E-state index contributed by atoms with van der Waals surface area (Å²) in [7, 11) is 0. The highest BCUT2D eigenvalue weighted by Gasteiger charge is 2.22. The average molecular weight is 277 g/mol. The molecule has 1 aliphatic carbocycles. The summed E-state index contributed by atoms with van der Waals surface area (Å²) < 4.78 is 0. The van der Waals surface area contributed by atoms with Crippen LogP contribution in [-0.4, -0.2) is 18.5 Å². The van der Waals surface area contributed by atoms with Crippen LogP contribution in [0.3, 0.4) is 0 Å². The average Bonchev–Trinajstić information content (AvgIpc) is 2.35. The van der Waals surface area contributed by atoms with Crippen LogP contribution >= 0.6 is 12.4 Å². The van der Waals surface area contributed by atoms with Crippen LogP contribution in [0, 0.1) is 17.8 Å². The van der Waals surface area contributed by atoms with E-state index in [0.29, 0.717) is 5.92 Å². The van der Waals surface area contributed by atoms with Gasteiger partial charge in [-0.3, -0.25) is 4.79 Å². The van der Waals surface area contributed by atoms with Crippen LogP contribution in [0.5, 0.6) is 0 Å². The quantitative estimate of drug-likeness (QED) is 0.811. The van der Waals surface area contributed by atoms with Gasteiger partial charge in [0.05, 0.1) is 6.04 Å². The third-order valence-electron chi connectivity index (χ3n) is 4.13. The van der Waals surface area contributed by atoms with Crippen molar-refractivity contribution in [2.45, 2.75) is 58.9 Å². The van der Waals surface area contributed by atoms with E-state index < -0.39 is 0 Å². The summed E-state index contributed by atoms with van der Waals surface area (Å²) >= 11 is 0. The molecule has 4 heteroatoms. The van der Waals surface area contributed by atoms with Gasteiger partial charge in [-0.05, 0) is 30.6 Å². The van der Waals surface area contributed by atoms with Crippen molar-refractivity contribution in [1.29, 1.82) is 0 Å². The van der Waals surface area contributed by atoms with Crippen LogP contribution in [-0.2, 0) is 4.79 Å². The fraction of sp³-hybridized carbons (Fsp3) is 0.929. The minimum atomic E-state index is -0.359. The normalized spacial score (nSPS) is 25.4. The molecule has 1 atom stereocenters. The van der Waals surface area contributed by atoms with Gasteiger partial charge in [-0.2, -0.15) is 0 Å². The molecule has 1 saturated carbocycles. The summed E-state index contributed by atoms with van der Waals surface area (Å²) in [6, 6.07) is -0.359. The Kier molecular flexibility index (Phi) is 8.62. The van der Waals surface area contributed by atoms with Crippen molar-refractivity contribution in [2.24, 2.45) is 23.5 Å². The minimum Gasteiger partial charge on any atom is -0.354 e. The summed E-state index contributed by atoms with van der Waals surface area (Å²) in [6.45, 7) is 7.05. The van der Waals surface area contributed by atoms with Crippen LogP contribution in [0.1, 0.15) is 52.9 Å². The Morgan fingerprint density at radius 1 is 1.22 bits per heavy atom. The molecule has 0 radical (unpaired) electrons. The first-order valence-electron chi connectivity index (χ1n) is 7.07. The molecule has 0 heterocycles. The Bertz CT molecular complexity index is 238. The SMILES string of the molecule is CCC1CCC(CNC(=O)[C@H](N)C(C)C)CC1.Cl. The number of halogens is 1. The van der Waals surface area contributed by atoms with E-state index in [1.165, 1.54) is 32.1 Å². The summed E-state index contributed by atoms with van der Waals surface area (Å²) in [5.41, 5.74) is 5.81. The zero-order valence-electron chi connectivity index (χ0n) is 11.9. The summed E-state index contributed by atoms with van der Waals surface area (Å²) in [5.74, 6) is 1.81. The number of carbonyl (C=O) groups is 1. The first-order chi connectivity index (χ1) is 8.04. The molecule has 0 bridgehead atoms. The number of hydrogen-bond acceptors (Lipinski definition) is 2. The van der Waals surface area contributed by atoms with E-state index in [1.807, 2.05) is 13.8 Å². The van der Waals surface area contributed by atoms with Crippen molar-refractivity contribution in [2.75, 3.05) is 6.54 Å². The van der Waals surface area contributed by atoms with Gasteiger partial charge in [-0.1, -0.05) is 40.0 Å². The van der Waals surface area contributed by atoms with Crippen LogP contribution in [0.25, 0.3) is 0 Å². The number of rotatable bonds is 5. The summed E-state index contributed by atoms with van der Waals surface area (Å²) in [4.78, 5) is 11.7. The molecule has 108 valence electrons. The Morgan fingerprint density at radius 2 is 1.72 bits per heavy atom. The Balaban J connectivity index is 0.00000289. The smallest absolute Gasteiger partial charge is 0.237 e. The number of hydrogen-bond donors (Lipinski definition) is 2. The van der Waals surface area contributed by atoms with Gasteiger partial charge >= 0.3 is 0 Å². The predicted molar refractivity (Wildman–Crippen MR) is 78.8 cm³/mol. The van der Waals surface area contributed by atoms with E-state index in [-0.39, 0.29) is 30.3 Å². The largest absolute Gasteiger partial charge is 0.354 e. The standard InChI is InChI=1S/C14H28N2O.ClH/c1-4-11-5-7-12(8-6-11)9-16-14(17)13(15)10(2)3;/h10-13H,4-9,15H2,1-3H3,(H,16,17);1H/t11?,12?,13-;/m1./s1. The first-order valence-corrected chi connectivity index (χ1v) is 7.07. The van der Waals surface area contributed by atoms with Crippen molar-refractivity contribution >= 4 is 18.3 Å². The molecule has 1 aliphatic rings. The lowest BCUT2D eigenvalue weighted by Crippen LogP contribution is -2.45. The van der Waals surface area contributed by atoms with Gasteiger partial charge in [0, 0.05) is 6.54 Å². The molecule has 0 unspecified atom stereocenters. The molecule has 1 fully saturated rings. The number of nitrogens with two attached hydrogens (primary N) is 1. The van der Waals surface area contributed by atoms with Crippen molar-refractivity contribution in [3.63, 3.8) is 0 Å². The predicted octanol–water partition coefficient (Wildman–Crippen LogP) is 2.72. The van der Waals surface area contributed by atoms with Gasteiger partial charge in [-0.25, -0.2) is 0 Å². The lowest BCUT2D eigenvalue weighted by molar-refractivity contribution is -0.123. The van der Waals surface area contributed by atoms with Crippen LogP contribution in [0.15, 0.2) is 0 Å². The molecule has 0 spiro atoms. The molecule has 0 aliphatic heterocycles. The fourth-order valence-corrected chi connectivity index (χ4v) is 2.51. The van der Waals surface area contributed by atoms with E-state index in [1.54, 1.807) is 0 Å². The highest BCUT2D eigenvalue weighted by molar-refractivity contribution is 5.85. The second kappa shape index (κ2) is 8.76. The Morgan fingerprint density at radius 3 is 2.17 bits per heavy atom. The first kappa shape index (κ1) is 17.7. The summed E-state index contributed by atoms with van der Waals surface area (Å²) in [5, 5.41) is 3.00. The molecule has 0 aromatic heterocycles. The molecule has 3 nitrogen and oxygen atoms in total. The van der Waals surface area contributed by atoms with Gasteiger partial charge in [0.15, 0.2) is 0 Å². The molecular formula is C14H29ClN2O. The van der Waals surface area contributed by atoms with Crippen LogP contribution in [0.2, 0.25) is 0 Å². The van der Waals surface area contributed by atoms with Gasteiger partial charge in [0.2, 0.25) is 5.91 Å². The van der Waals surface area contributed by atoms with Gasteiger partial charge in [0.1, 0.15) is 0 Å². The highest BCUT2D eigenvalue weighted by atomic mass is 35.5. The number of carbonyl (C=O) groups excluding carboxylic acids is 1. The van der Waals surface area contributed by atoms with Crippen LogP contribution < -0.4 is 11.1 Å². The van der Waals surface area contributed by atoms with Crippen molar-refractivity contribution < 1.29 is 4.79 Å². The Labute approximate surface area is 118 Å². The Hall–Kier alpha value is -0.280. The number of nitrogens with one attached hydrogen (secondary N) is 1. The summed E-state index contributed by atoms with van der Waals surface area (Å²) in [6.07, 6.45) is 6.48. The van der Waals surface area contributed by atoms with E-state index in [4.69, 9.17) is 5.73 Å². The van der Waals surface area contributed by atoms with E-state index in [2.05, 4.69) is 12.2 Å². The lowest BCUT2D eigenvalue weighted by atomic mass is 9.81. The number of amides is 1. The second-order valence-corrected chi connectivity index (χ2v) is 5.81.